The Bertz CT molecular complexity index is 3130. The molecule has 0 aliphatic carbocycles. The number of benzene rings is 8. The lowest BCUT2D eigenvalue weighted by molar-refractivity contribution is 0.589. The highest BCUT2D eigenvalue weighted by molar-refractivity contribution is 6.12. The Balaban J connectivity index is 1.30. The van der Waals surface area contributed by atoms with Crippen LogP contribution in [0.1, 0.15) is 22.3 Å². The van der Waals surface area contributed by atoms with Gasteiger partial charge in [-0.1, -0.05) is 132 Å². The minimum atomic E-state index is -0.643. The molecule has 0 unspecified atom stereocenters. The average molecular weight is 795 g/mol. The fourth-order valence-electron chi connectivity index (χ4n) is 8.66. The van der Waals surface area contributed by atoms with Gasteiger partial charge in [0.25, 0.3) is 0 Å². The highest BCUT2D eigenvalue weighted by Gasteiger charge is 2.23. The Labute approximate surface area is 353 Å². The van der Waals surface area contributed by atoms with Gasteiger partial charge < -0.3 is 4.57 Å². The molecule has 2 heterocycles. The Kier molecular flexibility index (Phi) is 9.41. The van der Waals surface area contributed by atoms with Crippen LogP contribution < -0.4 is 0 Å². The standard InChI is InChI=1S/C55H40F2N4/c1-33-18-23-42(35(3)28-33)39-21-26-49-45(30-39)46-31-40(43-24-19-34(2)29-36(43)4)22-27-50(46)61(49)51-32-41(52-47(56)16-11-17-48(52)57)20-25-44(51)55-59-53(37-12-7-5-8-13-37)58-54(60-55)38-14-9-6-10-15-38/h5-32H,1-4H3. The predicted molar refractivity (Wildman–Crippen MR) is 246 cm³/mol. The number of aromatic nitrogens is 4. The lowest BCUT2D eigenvalue weighted by Crippen LogP contribution is -2.04. The van der Waals surface area contributed by atoms with Gasteiger partial charge in [-0.05, 0) is 115 Å². The molecule has 0 aliphatic rings. The first-order valence-corrected chi connectivity index (χ1v) is 20.4. The van der Waals surface area contributed by atoms with Crippen LogP contribution in [0.25, 0.3) is 95.0 Å². The third kappa shape index (κ3) is 6.86. The molecule has 61 heavy (non-hydrogen) atoms. The Hall–Kier alpha value is -7.57. The van der Waals surface area contributed by atoms with E-state index in [9.17, 15) is 0 Å². The summed E-state index contributed by atoms with van der Waals surface area (Å²) in [4.78, 5) is 15.2. The molecule has 0 aliphatic heterocycles. The van der Waals surface area contributed by atoms with Crippen LogP contribution in [0, 0.1) is 39.3 Å². The van der Waals surface area contributed by atoms with Crippen molar-refractivity contribution in [3.8, 4) is 73.2 Å². The summed E-state index contributed by atoms with van der Waals surface area (Å²) in [6.07, 6.45) is 0. The van der Waals surface area contributed by atoms with Crippen molar-refractivity contribution in [3.05, 3.63) is 204 Å². The van der Waals surface area contributed by atoms with Gasteiger partial charge in [0.15, 0.2) is 17.5 Å². The van der Waals surface area contributed by atoms with E-state index < -0.39 is 11.6 Å². The number of halogens is 2. The molecule has 0 amide bonds. The van der Waals surface area contributed by atoms with Crippen LogP contribution in [0.3, 0.4) is 0 Å². The SMILES string of the molecule is Cc1ccc(-c2ccc3c(c2)c2cc(-c4ccc(C)cc4C)ccc2n3-c2cc(-c3c(F)cccc3F)ccc2-c2nc(-c3ccccc3)nc(-c3ccccc3)n2)c(C)c1. The van der Waals surface area contributed by atoms with E-state index in [-0.39, 0.29) is 5.56 Å². The lowest BCUT2D eigenvalue weighted by atomic mass is 9.95. The number of fused-ring (bicyclic) bond motifs is 3. The second kappa shape index (κ2) is 15.2. The van der Waals surface area contributed by atoms with Crippen LogP contribution in [0.15, 0.2) is 170 Å². The fraction of sp³-hybridized carbons (Fsp3) is 0.0727. The van der Waals surface area contributed by atoms with Crippen molar-refractivity contribution in [1.29, 1.82) is 0 Å². The summed E-state index contributed by atoms with van der Waals surface area (Å²) in [5.74, 6) is 0.165. The first-order valence-electron chi connectivity index (χ1n) is 20.4. The summed E-state index contributed by atoms with van der Waals surface area (Å²) < 4.78 is 33.5. The largest absolute Gasteiger partial charge is 0.308 e. The van der Waals surface area contributed by atoms with Crippen molar-refractivity contribution in [3.63, 3.8) is 0 Å². The molecule has 0 bridgehead atoms. The first kappa shape index (κ1) is 37.7. The maximum Gasteiger partial charge on any atom is 0.166 e. The smallest absolute Gasteiger partial charge is 0.166 e. The van der Waals surface area contributed by atoms with Crippen LogP contribution >= 0.6 is 0 Å². The van der Waals surface area contributed by atoms with Crippen molar-refractivity contribution in [2.75, 3.05) is 0 Å². The summed E-state index contributed by atoms with van der Waals surface area (Å²) in [6.45, 7) is 8.52. The molecule has 0 atom stereocenters. The summed E-state index contributed by atoms with van der Waals surface area (Å²) in [5.41, 5.74) is 14.5. The van der Waals surface area contributed by atoms with Gasteiger partial charge in [0.1, 0.15) is 11.6 Å². The topological polar surface area (TPSA) is 43.6 Å². The summed E-state index contributed by atoms with van der Waals surface area (Å²) in [6, 6.07) is 55.4. The molecule has 10 aromatic rings. The van der Waals surface area contributed by atoms with Crippen LogP contribution in [-0.4, -0.2) is 19.5 Å². The molecule has 294 valence electrons. The van der Waals surface area contributed by atoms with E-state index in [1.165, 1.54) is 40.5 Å². The van der Waals surface area contributed by atoms with Crippen LogP contribution in [0.2, 0.25) is 0 Å². The van der Waals surface area contributed by atoms with E-state index in [1.807, 2.05) is 72.8 Å². The van der Waals surface area contributed by atoms with Crippen LogP contribution in [0.5, 0.6) is 0 Å². The quantitative estimate of drug-likeness (QED) is 0.161. The molecule has 0 radical (unpaired) electrons. The maximum atomic E-state index is 15.7. The number of nitrogens with zero attached hydrogens (tertiary/aromatic N) is 4. The Morgan fingerprint density at radius 1 is 0.377 bits per heavy atom. The Morgan fingerprint density at radius 3 is 1.33 bits per heavy atom. The van der Waals surface area contributed by atoms with E-state index in [0.29, 0.717) is 34.3 Å². The zero-order valence-electron chi connectivity index (χ0n) is 34.2. The minimum Gasteiger partial charge on any atom is -0.308 e. The van der Waals surface area contributed by atoms with Gasteiger partial charge in [0, 0.05) is 27.5 Å². The van der Waals surface area contributed by atoms with Crippen molar-refractivity contribution < 1.29 is 8.78 Å². The summed E-state index contributed by atoms with van der Waals surface area (Å²) in [5, 5.41) is 2.08. The van der Waals surface area contributed by atoms with Gasteiger partial charge >= 0.3 is 0 Å². The van der Waals surface area contributed by atoms with Gasteiger partial charge in [-0.25, -0.2) is 23.7 Å². The number of hydrogen-bond acceptors (Lipinski definition) is 3. The summed E-state index contributed by atoms with van der Waals surface area (Å²) >= 11 is 0. The van der Waals surface area contributed by atoms with Crippen molar-refractivity contribution in [2.45, 2.75) is 27.7 Å². The molecule has 0 fully saturated rings. The molecule has 0 N–H and O–H groups in total. The zero-order chi connectivity index (χ0) is 41.8. The van der Waals surface area contributed by atoms with Gasteiger partial charge in [0.2, 0.25) is 0 Å². The van der Waals surface area contributed by atoms with Gasteiger partial charge in [0.05, 0.1) is 22.3 Å². The fourth-order valence-corrected chi connectivity index (χ4v) is 8.66. The van der Waals surface area contributed by atoms with Crippen LogP contribution in [0.4, 0.5) is 8.78 Å². The van der Waals surface area contributed by atoms with E-state index in [2.05, 4.69) is 105 Å². The molecule has 0 saturated carbocycles. The van der Waals surface area contributed by atoms with E-state index in [1.54, 1.807) is 6.07 Å². The van der Waals surface area contributed by atoms with Crippen molar-refractivity contribution in [1.82, 2.24) is 19.5 Å². The van der Waals surface area contributed by atoms with Crippen molar-refractivity contribution >= 4 is 21.8 Å². The third-order valence-corrected chi connectivity index (χ3v) is 11.6. The average Bonchev–Trinajstić information content (AvgIpc) is 3.59. The number of aryl methyl sites for hydroxylation is 4. The van der Waals surface area contributed by atoms with Gasteiger partial charge in [-0.15, -0.1) is 0 Å². The van der Waals surface area contributed by atoms with E-state index in [4.69, 9.17) is 15.0 Å². The normalized spacial score (nSPS) is 11.4. The first-order chi connectivity index (χ1) is 29.7. The van der Waals surface area contributed by atoms with Crippen LogP contribution in [-0.2, 0) is 0 Å². The molecule has 6 heteroatoms. The minimum absolute atomic E-state index is 0.101. The monoisotopic (exact) mass is 794 g/mol. The molecule has 8 aromatic carbocycles. The summed E-state index contributed by atoms with van der Waals surface area (Å²) in [7, 11) is 0. The molecule has 10 rings (SSSR count). The lowest BCUT2D eigenvalue weighted by Gasteiger charge is -2.17. The number of hydrogen-bond donors (Lipinski definition) is 0. The maximum absolute atomic E-state index is 15.7. The highest BCUT2D eigenvalue weighted by atomic mass is 19.1. The molecule has 0 saturated heterocycles. The molecular formula is C55H40F2N4. The Morgan fingerprint density at radius 2 is 0.836 bits per heavy atom. The zero-order valence-corrected chi connectivity index (χ0v) is 34.2. The highest BCUT2D eigenvalue weighted by Crippen LogP contribution is 2.42. The molecule has 2 aromatic heterocycles. The molecular weight excluding hydrogens is 755 g/mol. The van der Waals surface area contributed by atoms with Gasteiger partial charge in [-0.3, -0.25) is 0 Å². The number of rotatable bonds is 7. The van der Waals surface area contributed by atoms with Gasteiger partial charge in [-0.2, -0.15) is 0 Å². The molecule has 0 spiro atoms. The van der Waals surface area contributed by atoms with E-state index in [0.717, 1.165) is 55.2 Å². The third-order valence-electron chi connectivity index (χ3n) is 11.6. The second-order valence-corrected chi connectivity index (χ2v) is 15.8. The second-order valence-electron chi connectivity index (χ2n) is 15.8. The molecule has 4 nitrogen and oxygen atoms in total. The van der Waals surface area contributed by atoms with E-state index >= 15 is 8.78 Å². The predicted octanol–water partition coefficient (Wildman–Crippen LogP) is 14.5. The van der Waals surface area contributed by atoms with Crippen molar-refractivity contribution in [2.24, 2.45) is 0 Å².